The Balaban J connectivity index is 1.11. The Morgan fingerprint density at radius 3 is 1.75 bits per heavy atom. The highest BCUT2D eigenvalue weighted by atomic mass is 16.3. The first-order valence-electron chi connectivity index (χ1n) is 23.3. The van der Waals surface area contributed by atoms with Crippen LogP contribution in [0.5, 0.6) is 0 Å². The standard InChI is InChI=1S/C51H31N5O/c1-4-15-32(16-5-1)49-52-50(33-17-6-2-7-18-33)54-51(53-49)34-27-28-39-45(31-34)57-44-26-14-25-42(46(39)44)56-40-23-12-10-21-36(40)37-29-30-43-47(48(37)56)38-22-11-13-24-41(38)55(43)35-19-8-3-9-20-35/h1-31H/i1D,2D,4D,5D,6D,7D,15D,16D,17D,18D. The molecular formula is C51H31N5O. The maximum absolute atomic E-state index is 8.73. The molecule has 0 amide bonds. The Hall–Kier alpha value is -7.83. The topological polar surface area (TPSA) is 61.7 Å². The van der Waals surface area contributed by atoms with E-state index in [4.69, 9.17) is 18.1 Å². The lowest BCUT2D eigenvalue weighted by Gasteiger charge is -2.11. The molecule has 0 aliphatic rings. The van der Waals surface area contributed by atoms with Crippen LogP contribution in [0.15, 0.2) is 192 Å². The van der Waals surface area contributed by atoms with Crippen molar-refractivity contribution in [3.05, 3.63) is 188 Å². The minimum absolute atomic E-state index is 0.0548. The molecule has 6 nitrogen and oxygen atoms in total. The predicted octanol–water partition coefficient (Wildman–Crippen LogP) is 13.0. The lowest BCUT2D eigenvalue weighted by atomic mass is 10.1. The van der Waals surface area contributed by atoms with E-state index in [1.807, 2.05) is 48.5 Å². The van der Waals surface area contributed by atoms with Gasteiger partial charge in [0.1, 0.15) is 11.2 Å². The SMILES string of the molecule is [2H]c1c([2H])c([2H])c(-c2nc(-c3ccc4c(c3)oc3cccc(-n5c6ccccc6c6ccc7c(c8ccccc8n7-c7ccccc7)c65)c34)nc(-c3c([2H])c([2H])c([2H])c([2H])c3[2H])n2)c([2H])c1[2H]. The number of rotatable bonds is 5. The molecule has 6 heteroatoms. The smallest absolute Gasteiger partial charge is 0.164 e. The van der Waals surface area contributed by atoms with E-state index >= 15 is 0 Å². The van der Waals surface area contributed by atoms with E-state index in [1.54, 1.807) is 12.1 Å². The highest BCUT2D eigenvalue weighted by Crippen LogP contribution is 2.44. The predicted molar refractivity (Wildman–Crippen MR) is 232 cm³/mol. The van der Waals surface area contributed by atoms with Gasteiger partial charge >= 0.3 is 0 Å². The normalized spacial score (nSPS) is 14.3. The molecule has 0 bridgehead atoms. The molecule has 0 saturated heterocycles. The van der Waals surface area contributed by atoms with Crippen LogP contribution in [0.25, 0.3) is 111 Å². The van der Waals surface area contributed by atoms with E-state index < -0.39 is 60.4 Å². The quantitative estimate of drug-likeness (QED) is 0.176. The van der Waals surface area contributed by atoms with Crippen LogP contribution in [0.4, 0.5) is 0 Å². The molecule has 0 radical (unpaired) electrons. The van der Waals surface area contributed by atoms with Crippen LogP contribution in [-0.4, -0.2) is 24.1 Å². The highest BCUT2D eigenvalue weighted by Gasteiger charge is 2.23. The third-order valence-corrected chi connectivity index (χ3v) is 10.5. The summed E-state index contributed by atoms with van der Waals surface area (Å²) in [5.74, 6) is -0.745. The van der Waals surface area contributed by atoms with Crippen molar-refractivity contribution in [3.63, 3.8) is 0 Å². The second-order valence-electron chi connectivity index (χ2n) is 13.7. The van der Waals surface area contributed by atoms with Crippen LogP contribution in [-0.2, 0) is 0 Å². The van der Waals surface area contributed by atoms with Gasteiger partial charge < -0.3 is 13.6 Å². The van der Waals surface area contributed by atoms with Gasteiger partial charge in [-0.25, -0.2) is 15.0 Å². The van der Waals surface area contributed by atoms with Gasteiger partial charge in [-0.15, -0.1) is 0 Å². The Kier molecular flexibility index (Phi) is 5.02. The zero-order valence-corrected chi connectivity index (χ0v) is 29.8. The van der Waals surface area contributed by atoms with Crippen LogP contribution in [0, 0.1) is 0 Å². The number of para-hydroxylation sites is 3. The van der Waals surface area contributed by atoms with Gasteiger partial charge in [0, 0.05) is 49.3 Å². The number of aromatic nitrogens is 5. The van der Waals surface area contributed by atoms with Gasteiger partial charge in [0.15, 0.2) is 17.5 Å². The molecule has 12 rings (SSSR count). The Bertz CT molecular complexity index is 3980. The van der Waals surface area contributed by atoms with Crippen LogP contribution in [0.1, 0.15) is 13.7 Å². The molecule has 0 N–H and O–H groups in total. The molecule has 0 aliphatic heterocycles. The van der Waals surface area contributed by atoms with E-state index in [0.29, 0.717) is 16.7 Å². The average molecular weight is 740 g/mol. The molecule has 12 aromatic rings. The van der Waals surface area contributed by atoms with Crippen molar-refractivity contribution in [2.75, 3.05) is 0 Å². The summed E-state index contributed by atoms with van der Waals surface area (Å²) in [5.41, 5.74) is 6.85. The monoisotopic (exact) mass is 739 g/mol. The lowest BCUT2D eigenvalue weighted by molar-refractivity contribution is 0.669. The molecule has 8 aromatic carbocycles. The van der Waals surface area contributed by atoms with Gasteiger partial charge in [-0.05, 0) is 54.6 Å². The fourth-order valence-corrected chi connectivity index (χ4v) is 8.20. The summed E-state index contributed by atoms with van der Waals surface area (Å²) < 4.78 is 95.9. The number of fused-ring (bicyclic) bond motifs is 10. The Morgan fingerprint density at radius 1 is 0.421 bits per heavy atom. The van der Waals surface area contributed by atoms with Gasteiger partial charge in [-0.2, -0.15) is 0 Å². The largest absolute Gasteiger partial charge is 0.456 e. The van der Waals surface area contributed by atoms with Crippen molar-refractivity contribution in [3.8, 4) is 45.5 Å². The number of nitrogens with zero attached hydrogens (tertiary/aromatic N) is 5. The minimum Gasteiger partial charge on any atom is -0.456 e. The molecule has 0 fully saturated rings. The van der Waals surface area contributed by atoms with Crippen LogP contribution >= 0.6 is 0 Å². The van der Waals surface area contributed by atoms with Crippen molar-refractivity contribution in [2.24, 2.45) is 0 Å². The van der Waals surface area contributed by atoms with E-state index in [-0.39, 0.29) is 28.6 Å². The van der Waals surface area contributed by atoms with Gasteiger partial charge in [0.05, 0.1) is 46.8 Å². The molecular weight excluding hydrogens is 699 g/mol. The molecule has 0 saturated carbocycles. The van der Waals surface area contributed by atoms with Gasteiger partial charge in [-0.3, -0.25) is 0 Å². The summed E-state index contributed by atoms with van der Waals surface area (Å²) in [6, 6.07) is 36.8. The molecule has 4 aromatic heterocycles. The zero-order valence-electron chi connectivity index (χ0n) is 39.8. The Labute approximate surface area is 340 Å². The van der Waals surface area contributed by atoms with E-state index in [0.717, 1.165) is 65.8 Å². The molecule has 266 valence electrons. The van der Waals surface area contributed by atoms with Crippen molar-refractivity contribution in [1.82, 2.24) is 24.1 Å². The first-order valence-corrected chi connectivity index (χ1v) is 18.3. The molecule has 0 atom stereocenters. The number of furan rings is 1. The molecule has 0 spiro atoms. The van der Waals surface area contributed by atoms with E-state index in [1.165, 1.54) is 0 Å². The summed E-state index contributed by atoms with van der Waals surface area (Å²) in [7, 11) is 0. The first-order chi connectivity index (χ1) is 32.4. The number of hydrogen-bond acceptors (Lipinski definition) is 4. The van der Waals surface area contributed by atoms with Gasteiger partial charge in [-0.1, -0.05) is 133 Å². The highest BCUT2D eigenvalue weighted by molar-refractivity contribution is 6.27. The average Bonchev–Trinajstić information content (AvgIpc) is 4.02. The zero-order chi connectivity index (χ0) is 46.2. The third kappa shape index (κ3) is 4.81. The van der Waals surface area contributed by atoms with Crippen molar-refractivity contribution >= 4 is 65.6 Å². The Morgan fingerprint density at radius 2 is 1.04 bits per heavy atom. The van der Waals surface area contributed by atoms with Crippen LogP contribution in [0.3, 0.4) is 0 Å². The summed E-state index contributed by atoms with van der Waals surface area (Å²) in [5, 5.41) is 5.98. The van der Waals surface area contributed by atoms with Crippen LogP contribution in [0.2, 0.25) is 0 Å². The fourth-order valence-electron chi connectivity index (χ4n) is 8.20. The summed E-state index contributed by atoms with van der Waals surface area (Å²) in [6.07, 6.45) is 0. The molecule has 0 unspecified atom stereocenters. The minimum atomic E-state index is -0.618. The summed E-state index contributed by atoms with van der Waals surface area (Å²) in [4.78, 5) is 13.7. The second kappa shape index (κ2) is 12.3. The summed E-state index contributed by atoms with van der Waals surface area (Å²) in [6.45, 7) is 0. The number of hydrogen-bond donors (Lipinski definition) is 0. The van der Waals surface area contributed by atoms with E-state index in [2.05, 4.69) is 90.8 Å². The molecule has 0 aliphatic carbocycles. The van der Waals surface area contributed by atoms with Crippen molar-refractivity contribution < 1.29 is 18.1 Å². The van der Waals surface area contributed by atoms with Crippen LogP contribution < -0.4 is 0 Å². The second-order valence-corrected chi connectivity index (χ2v) is 13.7. The van der Waals surface area contributed by atoms with Gasteiger partial charge in [0.2, 0.25) is 0 Å². The van der Waals surface area contributed by atoms with E-state index in [9.17, 15) is 0 Å². The summed E-state index contributed by atoms with van der Waals surface area (Å²) >= 11 is 0. The van der Waals surface area contributed by atoms with Gasteiger partial charge in [0.25, 0.3) is 0 Å². The third-order valence-electron chi connectivity index (χ3n) is 10.5. The lowest BCUT2D eigenvalue weighted by Crippen LogP contribution is -2.00. The maximum Gasteiger partial charge on any atom is 0.164 e. The first kappa shape index (κ1) is 23.2. The molecule has 57 heavy (non-hydrogen) atoms. The van der Waals surface area contributed by atoms with Crippen molar-refractivity contribution in [2.45, 2.75) is 0 Å². The number of benzene rings is 8. The fraction of sp³-hybridized carbons (Fsp3) is 0. The molecule has 4 heterocycles. The van der Waals surface area contributed by atoms with Crippen molar-refractivity contribution in [1.29, 1.82) is 0 Å². The maximum atomic E-state index is 8.73.